The summed E-state index contributed by atoms with van der Waals surface area (Å²) >= 11 is 0. The highest BCUT2D eigenvalue weighted by Crippen LogP contribution is 2.25. The zero-order valence-corrected chi connectivity index (χ0v) is 13.6. The summed E-state index contributed by atoms with van der Waals surface area (Å²) in [6.07, 6.45) is 2.01. The number of nitrogens with one attached hydrogen (secondary N) is 1. The second-order valence-electron chi connectivity index (χ2n) is 4.90. The first-order chi connectivity index (χ1) is 10.3. The SMILES string of the molecule is CCCNC(COCCCOC)c1ccccc1OCC. The molecule has 0 bridgehead atoms. The average molecular weight is 295 g/mol. The molecular weight excluding hydrogens is 266 g/mol. The standard InChI is InChI=1S/C17H29NO3/c1-4-11-18-16(14-20-13-8-12-19-3)15-9-6-7-10-17(15)21-5-2/h6-7,9-10,16,18H,4-5,8,11-14H2,1-3H3. The molecule has 21 heavy (non-hydrogen) atoms. The van der Waals surface area contributed by atoms with Crippen LogP contribution < -0.4 is 10.1 Å². The molecule has 1 atom stereocenters. The molecule has 0 radical (unpaired) electrons. The zero-order chi connectivity index (χ0) is 15.3. The first-order valence-electron chi connectivity index (χ1n) is 7.85. The summed E-state index contributed by atoms with van der Waals surface area (Å²) in [5.41, 5.74) is 1.17. The van der Waals surface area contributed by atoms with E-state index in [2.05, 4.69) is 18.3 Å². The third kappa shape index (κ3) is 6.93. The van der Waals surface area contributed by atoms with E-state index in [1.165, 1.54) is 5.56 Å². The maximum atomic E-state index is 5.78. The van der Waals surface area contributed by atoms with E-state index in [1.807, 2.05) is 25.1 Å². The van der Waals surface area contributed by atoms with E-state index in [-0.39, 0.29) is 6.04 Å². The minimum absolute atomic E-state index is 0.162. The van der Waals surface area contributed by atoms with Gasteiger partial charge in [0.25, 0.3) is 0 Å². The largest absolute Gasteiger partial charge is 0.494 e. The minimum atomic E-state index is 0.162. The van der Waals surface area contributed by atoms with E-state index in [0.29, 0.717) is 13.2 Å². The van der Waals surface area contributed by atoms with Crippen LogP contribution in [0.3, 0.4) is 0 Å². The smallest absolute Gasteiger partial charge is 0.124 e. The summed E-state index contributed by atoms with van der Waals surface area (Å²) < 4.78 is 16.5. The fraction of sp³-hybridized carbons (Fsp3) is 0.647. The van der Waals surface area contributed by atoms with Crippen LogP contribution in [0, 0.1) is 0 Å². The first-order valence-corrected chi connectivity index (χ1v) is 7.85. The van der Waals surface area contributed by atoms with E-state index >= 15 is 0 Å². The van der Waals surface area contributed by atoms with E-state index in [4.69, 9.17) is 14.2 Å². The van der Waals surface area contributed by atoms with Gasteiger partial charge in [-0.15, -0.1) is 0 Å². The highest BCUT2D eigenvalue weighted by molar-refractivity contribution is 5.36. The Kier molecular flexibility index (Phi) is 9.87. The molecule has 0 heterocycles. The lowest BCUT2D eigenvalue weighted by Crippen LogP contribution is -2.27. The number of hydrogen-bond donors (Lipinski definition) is 1. The minimum Gasteiger partial charge on any atom is -0.494 e. The fourth-order valence-electron chi connectivity index (χ4n) is 2.14. The second kappa shape index (κ2) is 11.5. The summed E-state index contributed by atoms with van der Waals surface area (Å²) in [6.45, 7) is 7.91. The van der Waals surface area contributed by atoms with E-state index < -0.39 is 0 Å². The lowest BCUT2D eigenvalue weighted by molar-refractivity contribution is 0.0868. The summed E-state index contributed by atoms with van der Waals surface area (Å²) in [7, 11) is 1.71. The van der Waals surface area contributed by atoms with Crippen molar-refractivity contribution in [1.29, 1.82) is 0 Å². The third-order valence-corrected chi connectivity index (χ3v) is 3.16. The molecule has 1 aromatic rings. The van der Waals surface area contributed by atoms with Crippen molar-refractivity contribution in [3.63, 3.8) is 0 Å². The Bertz CT molecular complexity index is 371. The predicted molar refractivity (Wildman–Crippen MR) is 86.0 cm³/mol. The highest BCUT2D eigenvalue weighted by atomic mass is 16.5. The molecule has 1 N–H and O–H groups in total. The predicted octanol–water partition coefficient (Wildman–Crippen LogP) is 3.18. The van der Waals surface area contributed by atoms with Crippen molar-refractivity contribution < 1.29 is 14.2 Å². The van der Waals surface area contributed by atoms with Crippen molar-refractivity contribution in [3.05, 3.63) is 29.8 Å². The lowest BCUT2D eigenvalue weighted by Gasteiger charge is -2.21. The molecule has 0 aliphatic heterocycles. The van der Waals surface area contributed by atoms with Crippen molar-refractivity contribution in [1.82, 2.24) is 5.32 Å². The normalized spacial score (nSPS) is 12.3. The quantitative estimate of drug-likeness (QED) is 0.601. The van der Waals surface area contributed by atoms with E-state index in [9.17, 15) is 0 Å². The van der Waals surface area contributed by atoms with Gasteiger partial charge in [-0.1, -0.05) is 25.1 Å². The molecule has 0 aliphatic carbocycles. The van der Waals surface area contributed by atoms with Crippen LogP contribution in [0.25, 0.3) is 0 Å². The second-order valence-corrected chi connectivity index (χ2v) is 4.90. The molecule has 0 aromatic heterocycles. The summed E-state index contributed by atoms with van der Waals surface area (Å²) in [5, 5.41) is 3.54. The van der Waals surface area contributed by atoms with E-state index in [0.717, 1.165) is 38.3 Å². The van der Waals surface area contributed by atoms with Crippen LogP contribution in [0.15, 0.2) is 24.3 Å². The van der Waals surface area contributed by atoms with Gasteiger partial charge in [0.2, 0.25) is 0 Å². The van der Waals surface area contributed by atoms with Crippen LogP contribution in [0.1, 0.15) is 38.3 Å². The van der Waals surface area contributed by atoms with Gasteiger partial charge >= 0.3 is 0 Å². The molecule has 1 unspecified atom stereocenters. The number of ether oxygens (including phenoxy) is 3. The Hall–Kier alpha value is -1.10. The molecule has 120 valence electrons. The van der Waals surface area contributed by atoms with Crippen molar-refractivity contribution >= 4 is 0 Å². The van der Waals surface area contributed by atoms with Gasteiger partial charge in [-0.05, 0) is 32.4 Å². The van der Waals surface area contributed by atoms with Crippen LogP contribution in [0.5, 0.6) is 5.75 Å². The van der Waals surface area contributed by atoms with Crippen LogP contribution >= 0.6 is 0 Å². The molecule has 0 amide bonds. The number of benzene rings is 1. The topological polar surface area (TPSA) is 39.7 Å². The molecule has 0 saturated heterocycles. The summed E-state index contributed by atoms with van der Waals surface area (Å²) in [4.78, 5) is 0. The van der Waals surface area contributed by atoms with Crippen molar-refractivity contribution in [2.45, 2.75) is 32.7 Å². The molecule has 0 aliphatic rings. The van der Waals surface area contributed by atoms with Crippen molar-refractivity contribution in [2.24, 2.45) is 0 Å². The summed E-state index contributed by atoms with van der Waals surface area (Å²) in [5.74, 6) is 0.939. The molecule has 1 aromatic carbocycles. The van der Waals surface area contributed by atoms with Gasteiger partial charge in [0.15, 0.2) is 0 Å². The van der Waals surface area contributed by atoms with Gasteiger partial charge in [0.05, 0.1) is 19.3 Å². The van der Waals surface area contributed by atoms with Crippen molar-refractivity contribution in [3.8, 4) is 5.75 Å². The molecule has 0 spiro atoms. The Labute approximate surface area is 128 Å². The number of hydrogen-bond acceptors (Lipinski definition) is 4. The number of rotatable bonds is 12. The summed E-state index contributed by atoms with van der Waals surface area (Å²) in [6, 6.07) is 8.34. The Morgan fingerprint density at radius 1 is 1.14 bits per heavy atom. The molecule has 1 rings (SSSR count). The van der Waals surface area contributed by atoms with Gasteiger partial charge in [-0.3, -0.25) is 0 Å². The monoisotopic (exact) mass is 295 g/mol. The van der Waals surface area contributed by atoms with Crippen LogP contribution in [0.2, 0.25) is 0 Å². The highest BCUT2D eigenvalue weighted by Gasteiger charge is 2.15. The van der Waals surface area contributed by atoms with Gasteiger partial charge in [0, 0.05) is 25.9 Å². The van der Waals surface area contributed by atoms with Crippen LogP contribution in [-0.4, -0.2) is 40.1 Å². The number of methoxy groups -OCH3 is 1. The van der Waals surface area contributed by atoms with Gasteiger partial charge < -0.3 is 19.5 Å². The average Bonchev–Trinajstić information content (AvgIpc) is 2.51. The Balaban J connectivity index is 2.63. The van der Waals surface area contributed by atoms with Crippen molar-refractivity contribution in [2.75, 3.05) is 40.1 Å². The third-order valence-electron chi connectivity index (χ3n) is 3.16. The fourth-order valence-corrected chi connectivity index (χ4v) is 2.14. The Morgan fingerprint density at radius 2 is 1.95 bits per heavy atom. The lowest BCUT2D eigenvalue weighted by atomic mass is 10.1. The van der Waals surface area contributed by atoms with E-state index in [1.54, 1.807) is 7.11 Å². The molecule has 0 saturated carbocycles. The molecular formula is C17H29NO3. The number of para-hydroxylation sites is 1. The Morgan fingerprint density at radius 3 is 2.67 bits per heavy atom. The maximum absolute atomic E-state index is 5.78. The first kappa shape index (κ1) is 18.0. The van der Waals surface area contributed by atoms with Gasteiger partial charge in [0.1, 0.15) is 5.75 Å². The zero-order valence-electron chi connectivity index (χ0n) is 13.6. The van der Waals surface area contributed by atoms with Crippen LogP contribution in [-0.2, 0) is 9.47 Å². The van der Waals surface area contributed by atoms with Gasteiger partial charge in [-0.2, -0.15) is 0 Å². The molecule has 0 fully saturated rings. The maximum Gasteiger partial charge on any atom is 0.124 e. The molecule has 4 nitrogen and oxygen atoms in total. The van der Waals surface area contributed by atoms with Crippen LogP contribution in [0.4, 0.5) is 0 Å². The van der Waals surface area contributed by atoms with Gasteiger partial charge in [-0.25, -0.2) is 0 Å². The molecule has 4 heteroatoms.